The normalized spacial score (nSPS) is 15.6. The zero-order valence-corrected chi connectivity index (χ0v) is 19.2. The first kappa shape index (κ1) is 21.6. The van der Waals surface area contributed by atoms with E-state index in [1.807, 2.05) is 42.2 Å². The highest BCUT2D eigenvalue weighted by Crippen LogP contribution is 2.38. The van der Waals surface area contributed by atoms with Crippen LogP contribution in [0, 0.1) is 6.92 Å². The van der Waals surface area contributed by atoms with Crippen molar-refractivity contribution in [3.05, 3.63) is 101 Å². The summed E-state index contributed by atoms with van der Waals surface area (Å²) in [5, 5.41) is 2.74. The van der Waals surface area contributed by atoms with Gasteiger partial charge in [-0.05, 0) is 53.8 Å². The lowest BCUT2D eigenvalue weighted by atomic mass is 9.97. The maximum atomic E-state index is 13.8. The first-order valence-corrected chi connectivity index (χ1v) is 11.3. The van der Waals surface area contributed by atoms with Gasteiger partial charge >= 0.3 is 0 Å². The quantitative estimate of drug-likeness (QED) is 0.601. The van der Waals surface area contributed by atoms with E-state index in [4.69, 9.17) is 0 Å². The van der Waals surface area contributed by atoms with Crippen molar-refractivity contribution in [1.29, 1.82) is 0 Å². The Morgan fingerprint density at radius 3 is 2.24 bits per heavy atom. The summed E-state index contributed by atoms with van der Waals surface area (Å²) < 4.78 is 0. The zero-order valence-electron chi connectivity index (χ0n) is 19.2. The van der Waals surface area contributed by atoms with Crippen LogP contribution in [-0.2, 0) is 27.3 Å². The molecule has 6 heteroatoms. The SMILES string of the molecule is CC(=O)Nc1ccc(C2=C(N3CCc4ccccc4C3)C(=O)N(c3ccccc3C)C2=O)cc1. The number of anilines is 2. The maximum Gasteiger partial charge on any atom is 0.282 e. The molecule has 0 radical (unpaired) electrons. The smallest absolute Gasteiger partial charge is 0.282 e. The number of rotatable bonds is 4. The molecule has 2 aliphatic rings. The van der Waals surface area contributed by atoms with Crippen molar-refractivity contribution >= 4 is 34.7 Å². The van der Waals surface area contributed by atoms with Gasteiger partial charge in [-0.1, -0.05) is 54.6 Å². The fraction of sp³-hybridized carbons (Fsp3) is 0.179. The van der Waals surface area contributed by atoms with E-state index in [9.17, 15) is 14.4 Å². The average molecular weight is 452 g/mol. The minimum Gasteiger partial charge on any atom is -0.362 e. The number of nitrogens with one attached hydrogen (secondary N) is 1. The first-order valence-electron chi connectivity index (χ1n) is 11.3. The number of fused-ring (bicyclic) bond motifs is 1. The number of amides is 3. The number of carbonyl (C=O) groups is 3. The van der Waals surface area contributed by atoms with E-state index < -0.39 is 0 Å². The summed E-state index contributed by atoms with van der Waals surface area (Å²) in [5.41, 5.74) is 5.99. The monoisotopic (exact) mass is 451 g/mol. The second kappa shape index (κ2) is 8.63. The van der Waals surface area contributed by atoms with Crippen molar-refractivity contribution in [2.75, 3.05) is 16.8 Å². The van der Waals surface area contributed by atoms with Crippen LogP contribution in [0.2, 0.25) is 0 Å². The molecule has 3 aromatic rings. The number of carbonyl (C=O) groups excluding carboxylic acids is 3. The van der Waals surface area contributed by atoms with Gasteiger partial charge in [0.05, 0.1) is 11.3 Å². The first-order chi connectivity index (χ1) is 16.4. The van der Waals surface area contributed by atoms with Gasteiger partial charge in [0.2, 0.25) is 5.91 Å². The molecule has 0 saturated carbocycles. The van der Waals surface area contributed by atoms with Crippen LogP contribution < -0.4 is 10.2 Å². The van der Waals surface area contributed by atoms with E-state index in [0.717, 1.165) is 17.5 Å². The zero-order chi connectivity index (χ0) is 23.8. The number of aryl methyl sites for hydroxylation is 1. The molecule has 170 valence electrons. The summed E-state index contributed by atoms with van der Waals surface area (Å²) in [6, 6.07) is 22.7. The summed E-state index contributed by atoms with van der Waals surface area (Å²) in [6.45, 7) is 4.56. The standard InChI is InChI=1S/C28H25N3O3/c1-18-7-3-6-10-24(18)31-27(33)25(21-11-13-23(14-12-21)29-19(2)32)26(28(31)34)30-16-15-20-8-4-5-9-22(20)17-30/h3-14H,15-17H2,1-2H3,(H,29,32). The second-order valence-electron chi connectivity index (χ2n) is 8.65. The van der Waals surface area contributed by atoms with E-state index in [0.29, 0.717) is 41.3 Å². The Morgan fingerprint density at radius 2 is 1.53 bits per heavy atom. The molecule has 2 heterocycles. The molecule has 0 atom stereocenters. The van der Waals surface area contributed by atoms with Gasteiger partial charge in [0, 0.05) is 25.7 Å². The maximum absolute atomic E-state index is 13.8. The minimum absolute atomic E-state index is 0.169. The molecule has 0 unspecified atom stereocenters. The lowest BCUT2D eigenvalue weighted by Crippen LogP contribution is -2.37. The lowest BCUT2D eigenvalue weighted by Gasteiger charge is -2.31. The topological polar surface area (TPSA) is 69.7 Å². The third kappa shape index (κ3) is 3.77. The average Bonchev–Trinajstić information content (AvgIpc) is 3.09. The van der Waals surface area contributed by atoms with Crippen LogP contribution in [0.1, 0.15) is 29.2 Å². The predicted molar refractivity (Wildman–Crippen MR) is 132 cm³/mol. The molecule has 3 aromatic carbocycles. The summed E-state index contributed by atoms with van der Waals surface area (Å²) in [4.78, 5) is 42.3. The van der Waals surface area contributed by atoms with Crippen LogP contribution in [0.5, 0.6) is 0 Å². The molecule has 0 spiro atoms. The third-order valence-corrected chi connectivity index (χ3v) is 6.36. The van der Waals surface area contributed by atoms with Gasteiger partial charge in [-0.15, -0.1) is 0 Å². The van der Waals surface area contributed by atoms with E-state index >= 15 is 0 Å². The highest BCUT2D eigenvalue weighted by molar-refractivity contribution is 6.45. The van der Waals surface area contributed by atoms with Crippen molar-refractivity contribution in [3.8, 4) is 0 Å². The van der Waals surface area contributed by atoms with E-state index in [-0.39, 0.29) is 17.7 Å². The Balaban J connectivity index is 1.60. The Kier molecular flexibility index (Phi) is 5.49. The Hall–Kier alpha value is -4.19. The van der Waals surface area contributed by atoms with Crippen molar-refractivity contribution in [3.63, 3.8) is 0 Å². The lowest BCUT2D eigenvalue weighted by molar-refractivity contribution is -0.121. The number of benzene rings is 3. The number of hydrogen-bond acceptors (Lipinski definition) is 4. The van der Waals surface area contributed by atoms with Crippen LogP contribution in [0.15, 0.2) is 78.5 Å². The highest BCUT2D eigenvalue weighted by Gasteiger charge is 2.43. The predicted octanol–water partition coefficient (Wildman–Crippen LogP) is 4.30. The summed E-state index contributed by atoms with van der Waals surface area (Å²) >= 11 is 0. The minimum atomic E-state index is -0.333. The van der Waals surface area contributed by atoms with Gasteiger partial charge in [0.25, 0.3) is 11.8 Å². The van der Waals surface area contributed by atoms with Crippen LogP contribution in [0.3, 0.4) is 0 Å². The Morgan fingerprint density at radius 1 is 0.853 bits per heavy atom. The molecule has 5 rings (SSSR count). The number of para-hydroxylation sites is 1. The summed E-state index contributed by atoms with van der Waals surface area (Å²) in [7, 11) is 0. The molecule has 0 fully saturated rings. The van der Waals surface area contributed by atoms with Gasteiger partial charge in [-0.3, -0.25) is 14.4 Å². The fourth-order valence-corrected chi connectivity index (χ4v) is 4.71. The van der Waals surface area contributed by atoms with Crippen LogP contribution in [0.25, 0.3) is 5.57 Å². The molecular formula is C28H25N3O3. The summed E-state index contributed by atoms with van der Waals surface area (Å²) in [5.74, 6) is -0.808. The third-order valence-electron chi connectivity index (χ3n) is 6.36. The molecule has 0 aliphatic carbocycles. The van der Waals surface area contributed by atoms with Crippen molar-refractivity contribution < 1.29 is 14.4 Å². The van der Waals surface area contributed by atoms with Gasteiger partial charge in [-0.25, -0.2) is 4.90 Å². The Bertz CT molecular complexity index is 1340. The molecular weight excluding hydrogens is 426 g/mol. The number of imide groups is 1. The molecule has 34 heavy (non-hydrogen) atoms. The molecule has 1 N–H and O–H groups in total. The molecule has 0 saturated heterocycles. The number of hydrogen-bond donors (Lipinski definition) is 1. The summed E-state index contributed by atoms with van der Waals surface area (Å²) in [6.07, 6.45) is 0.806. The van der Waals surface area contributed by atoms with Crippen LogP contribution in [-0.4, -0.2) is 29.2 Å². The van der Waals surface area contributed by atoms with Gasteiger partial charge in [0.15, 0.2) is 0 Å². The van der Waals surface area contributed by atoms with E-state index in [1.54, 1.807) is 30.3 Å². The van der Waals surface area contributed by atoms with Gasteiger partial charge in [-0.2, -0.15) is 0 Å². The Labute approximate surface area is 198 Å². The second-order valence-corrected chi connectivity index (χ2v) is 8.65. The van der Waals surface area contributed by atoms with Crippen LogP contribution >= 0.6 is 0 Å². The van der Waals surface area contributed by atoms with Crippen molar-refractivity contribution in [1.82, 2.24) is 4.90 Å². The van der Waals surface area contributed by atoms with E-state index in [1.165, 1.54) is 17.4 Å². The molecule has 6 nitrogen and oxygen atoms in total. The molecule has 0 aromatic heterocycles. The number of nitrogens with zero attached hydrogens (tertiary/aromatic N) is 2. The highest BCUT2D eigenvalue weighted by atomic mass is 16.2. The molecule has 2 aliphatic heterocycles. The van der Waals surface area contributed by atoms with Crippen molar-refractivity contribution in [2.45, 2.75) is 26.8 Å². The molecule has 3 amide bonds. The van der Waals surface area contributed by atoms with Crippen LogP contribution in [0.4, 0.5) is 11.4 Å². The molecule has 0 bridgehead atoms. The van der Waals surface area contributed by atoms with Crippen molar-refractivity contribution in [2.24, 2.45) is 0 Å². The largest absolute Gasteiger partial charge is 0.362 e. The fourth-order valence-electron chi connectivity index (χ4n) is 4.71. The van der Waals surface area contributed by atoms with E-state index in [2.05, 4.69) is 17.4 Å². The van der Waals surface area contributed by atoms with Gasteiger partial charge < -0.3 is 10.2 Å². The van der Waals surface area contributed by atoms with Gasteiger partial charge in [0.1, 0.15) is 5.70 Å².